The van der Waals surface area contributed by atoms with Gasteiger partial charge in [-0.3, -0.25) is 4.79 Å². The molecule has 2 heterocycles. The number of benzene rings is 1. The number of allylic oxidation sites excluding steroid dienone is 1. The van der Waals surface area contributed by atoms with Gasteiger partial charge in [0, 0.05) is 18.3 Å². The fourth-order valence-electron chi connectivity index (χ4n) is 4.01. The quantitative estimate of drug-likeness (QED) is 0.660. The molecule has 0 unspecified atom stereocenters. The second-order valence-electron chi connectivity index (χ2n) is 7.47. The van der Waals surface area contributed by atoms with Crippen molar-refractivity contribution >= 4 is 23.2 Å². The van der Waals surface area contributed by atoms with Gasteiger partial charge in [0.15, 0.2) is 0 Å². The first-order chi connectivity index (χ1) is 14.8. The molecule has 8 heteroatoms. The van der Waals surface area contributed by atoms with Crippen LogP contribution in [-0.2, 0) is 6.54 Å². The Hall–Kier alpha value is -2.46. The third-order valence-electron chi connectivity index (χ3n) is 5.73. The Bertz CT molecular complexity index is 1110. The highest BCUT2D eigenvalue weighted by Gasteiger charge is 2.35. The molecule has 1 aromatic heterocycles. The number of ether oxygens (including phenoxy) is 1. The molecule has 2 N–H and O–H groups in total. The van der Waals surface area contributed by atoms with Crippen LogP contribution >= 0.6 is 23.2 Å². The van der Waals surface area contributed by atoms with Gasteiger partial charge in [-0.1, -0.05) is 49.2 Å². The molecular weight excluding hydrogens is 435 g/mol. The number of hydrogen-bond donors (Lipinski definition) is 1. The molecule has 164 valence electrons. The van der Waals surface area contributed by atoms with Crippen LogP contribution in [0.25, 0.3) is 0 Å². The van der Waals surface area contributed by atoms with Crippen LogP contribution < -0.4 is 16.0 Å². The van der Waals surface area contributed by atoms with Gasteiger partial charge in [-0.15, -0.1) is 0 Å². The zero-order valence-electron chi connectivity index (χ0n) is 17.9. The van der Waals surface area contributed by atoms with Gasteiger partial charge < -0.3 is 19.9 Å². The van der Waals surface area contributed by atoms with Crippen molar-refractivity contribution in [1.29, 1.82) is 5.26 Å². The van der Waals surface area contributed by atoms with E-state index < -0.39 is 5.92 Å². The molecule has 0 saturated heterocycles. The summed E-state index contributed by atoms with van der Waals surface area (Å²) in [7, 11) is 0. The summed E-state index contributed by atoms with van der Waals surface area (Å²) in [5.41, 5.74) is 7.65. The van der Waals surface area contributed by atoms with Crippen LogP contribution in [0.5, 0.6) is 5.75 Å². The topological polar surface area (TPSA) is 84.3 Å². The lowest BCUT2D eigenvalue weighted by molar-refractivity contribution is 0.292. The highest BCUT2D eigenvalue weighted by atomic mass is 35.5. The van der Waals surface area contributed by atoms with Crippen molar-refractivity contribution in [3.63, 3.8) is 0 Å². The molecule has 1 aliphatic heterocycles. The third kappa shape index (κ3) is 4.45. The minimum Gasteiger partial charge on any atom is -0.440 e. The molecule has 1 aliphatic rings. The van der Waals surface area contributed by atoms with Crippen molar-refractivity contribution in [2.75, 3.05) is 19.6 Å². The van der Waals surface area contributed by atoms with Gasteiger partial charge in [0.25, 0.3) is 5.56 Å². The smallest absolute Gasteiger partial charge is 0.258 e. The highest BCUT2D eigenvalue weighted by molar-refractivity contribution is 6.42. The first kappa shape index (κ1) is 23.2. The van der Waals surface area contributed by atoms with Gasteiger partial charge in [-0.05, 0) is 44.6 Å². The predicted molar refractivity (Wildman–Crippen MR) is 124 cm³/mol. The second-order valence-corrected chi connectivity index (χ2v) is 8.25. The summed E-state index contributed by atoms with van der Waals surface area (Å²) < 4.78 is 7.42. The molecule has 3 rings (SSSR count). The normalized spacial score (nSPS) is 15.6. The van der Waals surface area contributed by atoms with Crippen LogP contribution in [0.4, 0.5) is 0 Å². The van der Waals surface area contributed by atoms with Crippen LogP contribution in [0.2, 0.25) is 10.0 Å². The zero-order chi connectivity index (χ0) is 22.7. The lowest BCUT2D eigenvalue weighted by atomic mass is 9.84. The summed E-state index contributed by atoms with van der Waals surface area (Å²) in [5.74, 6) is -0.434. The van der Waals surface area contributed by atoms with Gasteiger partial charge in [0.05, 0.1) is 21.5 Å². The van der Waals surface area contributed by atoms with E-state index in [0.29, 0.717) is 28.4 Å². The first-order valence-electron chi connectivity index (χ1n) is 10.3. The molecule has 1 aromatic carbocycles. The molecule has 31 heavy (non-hydrogen) atoms. The summed E-state index contributed by atoms with van der Waals surface area (Å²) in [6.07, 6.45) is 0.827. The van der Waals surface area contributed by atoms with E-state index in [2.05, 4.69) is 24.8 Å². The Labute approximate surface area is 192 Å². The molecule has 0 aliphatic carbocycles. The summed E-state index contributed by atoms with van der Waals surface area (Å²) in [5, 5.41) is 10.4. The van der Waals surface area contributed by atoms with E-state index in [0.717, 1.165) is 31.7 Å². The average Bonchev–Trinajstić information content (AvgIpc) is 2.74. The average molecular weight is 461 g/mol. The first-order valence-corrected chi connectivity index (χ1v) is 11.1. The molecule has 0 bridgehead atoms. The predicted octanol–water partition coefficient (Wildman–Crippen LogP) is 4.41. The number of nitrogens with zero attached hydrogens (tertiary/aromatic N) is 3. The number of pyridine rings is 1. The molecule has 0 spiro atoms. The maximum Gasteiger partial charge on any atom is 0.258 e. The number of halogens is 2. The van der Waals surface area contributed by atoms with Gasteiger partial charge in [-0.2, -0.15) is 5.26 Å². The fraction of sp³-hybridized carbons (Fsp3) is 0.391. The maximum atomic E-state index is 13.6. The number of fused-ring (bicyclic) bond motifs is 1. The van der Waals surface area contributed by atoms with Crippen molar-refractivity contribution in [2.24, 2.45) is 5.73 Å². The number of aromatic nitrogens is 1. The van der Waals surface area contributed by atoms with Crippen molar-refractivity contribution in [1.82, 2.24) is 9.47 Å². The fourth-order valence-corrected chi connectivity index (χ4v) is 4.43. The largest absolute Gasteiger partial charge is 0.440 e. The molecule has 2 aromatic rings. The molecular formula is C23H26Cl2N4O2. The standard InChI is InChI=1S/C23H26Cl2N4O2/c1-4-28(5-2)10-7-11-29-14(3)12-18-20(23(29)30)19(16(13-26)22(27)31-18)15-8-6-9-17(24)21(15)25/h6,8-9,12,19H,4-5,7,10-11,27H2,1-3H3/t19-/m0/s1. The monoisotopic (exact) mass is 460 g/mol. The van der Waals surface area contributed by atoms with E-state index in [-0.39, 0.29) is 22.0 Å². The molecule has 6 nitrogen and oxygen atoms in total. The van der Waals surface area contributed by atoms with Crippen LogP contribution in [0, 0.1) is 18.3 Å². The van der Waals surface area contributed by atoms with Crippen LogP contribution in [0.15, 0.2) is 40.5 Å². The van der Waals surface area contributed by atoms with Gasteiger partial charge in [0.1, 0.15) is 17.4 Å². The molecule has 0 saturated carbocycles. The molecule has 0 radical (unpaired) electrons. The number of nitrogens with two attached hydrogens (primary N) is 1. The SMILES string of the molecule is CCN(CC)CCCn1c(C)cc2c(c1=O)[C@@H](c1cccc(Cl)c1Cl)C(C#N)=C(N)O2. The van der Waals surface area contributed by atoms with E-state index in [9.17, 15) is 10.1 Å². The van der Waals surface area contributed by atoms with Crippen LogP contribution in [0.3, 0.4) is 0 Å². The van der Waals surface area contributed by atoms with Crippen molar-refractivity contribution in [3.8, 4) is 11.8 Å². The molecule has 0 fully saturated rings. The number of nitriles is 1. The van der Waals surface area contributed by atoms with Gasteiger partial charge >= 0.3 is 0 Å². The molecule has 0 amide bonds. The van der Waals surface area contributed by atoms with Crippen molar-refractivity contribution in [3.05, 3.63) is 72.9 Å². The van der Waals surface area contributed by atoms with E-state index in [1.165, 1.54) is 0 Å². The summed E-state index contributed by atoms with van der Waals surface area (Å²) in [4.78, 5) is 15.9. The number of aryl methyl sites for hydroxylation is 1. The zero-order valence-corrected chi connectivity index (χ0v) is 19.4. The van der Waals surface area contributed by atoms with Gasteiger partial charge in [-0.25, -0.2) is 0 Å². The maximum absolute atomic E-state index is 13.6. The summed E-state index contributed by atoms with van der Waals surface area (Å²) in [6, 6.07) is 9.04. The Kier molecular flexibility index (Phi) is 7.32. The molecule has 1 atom stereocenters. The summed E-state index contributed by atoms with van der Waals surface area (Å²) in [6.45, 7) is 9.50. The van der Waals surface area contributed by atoms with E-state index in [1.54, 1.807) is 28.8 Å². The summed E-state index contributed by atoms with van der Waals surface area (Å²) >= 11 is 12.7. The second kappa shape index (κ2) is 9.78. The number of rotatable bonds is 7. The van der Waals surface area contributed by atoms with E-state index in [1.807, 2.05) is 6.92 Å². The Morgan fingerprint density at radius 3 is 2.65 bits per heavy atom. The van der Waals surface area contributed by atoms with E-state index in [4.69, 9.17) is 33.7 Å². The number of hydrogen-bond acceptors (Lipinski definition) is 5. The van der Waals surface area contributed by atoms with E-state index >= 15 is 0 Å². The van der Waals surface area contributed by atoms with Gasteiger partial charge in [0.2, 0.25) is 5.88 Å². The van der Waals surface area contributed by atoms with Crippen molar-refractivity contribution in [2.45, 2.75) is 39.7 Å². The Morgan fingerprint density at radius 2 is 2.00 bits per heavy atom. The lowest BCUT2D eigenvalue weighted by Crippen LogP contribution is -2.33. The third-order valence-corrected chi connectivity index (χ3v) is 6.57. The van der Waals surface area contributed by atoms with Crippen molar-refractivity contribution < 1.29 is 4.74 Å². The van der Waals surface area contributed by atoms with Crippen LogP contribution in [0.1, 0.15) is 43.0 Å². The lowest BCUT2D eigenvalue weighted by Gasteiger charge is -2.28. The minimum absolute atomic E-state index is 0.0332. The highest BCUT2D eigenvalue weighted by Crippen LogP contribution is 2.44. The minimum atomic E-state index is -0.748. The van der Waals surface area contributed by atoms with Crippen LogP contribution in [-0.4, -0.2) is 29.1 Å². The Balaban J connectivity index is 2.12. The Morgan fingerprint density at radius 1 is 1.29 bits per heavy atom.